The lowest BCUT2D eigenvalue weighted by molar-refractivity contribution is 0.187. The number of likely N-dealkylation sites (N-methyl/N-ethyl adjacent to an activating group) is 1. The summed E-state index contributed by atoms with van der Waals surface area (Å²) in [5.41, 5.74) is 2.72. The second-order valence-corrected chi connectivity index (χ2v) is 6.77. The minimum absolute atomic E-state index is 0.135. The molecule has 5 nitrogen and oxygen atoms in total. The lowest BCUT2D eigenvalue weighted by Gasteiger charge is -2.29. The molecular weight excluding hydrogens is 278 g/mol. The van der Waals surface area contributed by atoms with E-state index in [-0.39, 0.29) is 5.56 Å². The van der Waals surface area contributed by atoms with Gasteiger partial charge in [0.25, 0.3) is 5.56 Å². The molecule has 5 heteroatoms. The van der Waals surface area contributed by atoms with Gasteiger partial charge < -0.3 is 19.5 Å². The Balaban J connectivity index is 1.71. The van der Waals surface area contributed by atoms with Crippen molar-refractivity contribution in [2.24, 2.45) is 0 Å². The quantitative estimate of drug-likeness (QED) is 0.867. The molecule has 2 aliphatic rings. The molecule has 0 amide bonds. The Morgan fingerprint density at radius 2 is 2.18 bits per heavy atom. The predicted octanol–water partition coefficient (Wildman–Crippen LogP) is 0.646. The van der Waals surface area contributed by atoms with Crippen LogP contribution in [0.25, 0.3) is 0 Å². The molecule has 2 atom stereocenters. The highest BCUT2D eigenvalue weighted by atomic mass is 16.5. The smallest absolute Gasteiger partial charge is 0.250 e. The third kappa shape index (κ3) is 3.59. The Hall–Kier alpha value is -1.17. The van der Waals surface area contributed by atoms with Gasteiger partial charge in [-0.15, -0.1) is 0 Å². The van der Waals surface area contributed by atoms with Crippen molar-refractivity contribution in [2.45, 2.75) is 44.3 Å². The highest BCUT2D eigenvalue weighted by molar-refractivity contribution is 5.25. The number of nitrogens with one attached hydrogen (secondary N) is 1. The first-order valence-corrected chi connectivity index (χ1v) is 8.33. The maximum atomic E-state index is 12.2. The minimum Gasteiger partial charge on any atom is -0.380 e. The van der Waals surface area contributed by atoms with Crippen LogP contribution in [0, 0.1) is 0 Å². The molecule has 1 aromatic rings. The SMILES string of the molecule is CN(C)CCn1c2c(ccc1=O)CC(NC1CCOC1)CC2. The molecule has 1 aliphatic carbocycles. The fraction of sp³-hybridized carbons (Fsp3) is 0.706. The third-order valence-electron chi connectivity index (χ3n) is 4.76. The number of nitrogens with zero attached hydrogens (tertiary/aromatic N) is 2. The van der Waals surface area contributed by atoms with Gasteiger partial charge in [0.2, 0.25) is 0 Å². The minimum atomic E-state index is 0.135. The van der Waals surface area contributed by atoms with Crippen molar-refractivity contribution in [3.8, 4) is 0 Å². The van der Waals surface area contributed by atoms with Crippen molar-refractivity contribution in [3.05, 3.63) is 33.7 Å². The van der Waals surface area contributed by atoms with E-state index in [0.717, 1.165) is 52.0 Å². The molecular formula is C17H27N3O2. The Bertz CT molecular complexity index is 562. The first-order chi connectivity index (χ1) is 10.6. The zero-order chi connectivity index (χ0) is 15.5. The Morgan fingerprint density at radius 3 is 2.91 bits per heavy atom. The van der Waals surface area contributed by atoms with Crippen molar-refractivity contribution in [2.75, 3.05) is 33.9 Å². The van der Waals surface area contributed by atoms with Crippen LogP contribution in [0.4, 0.5) is 0 Å². The normalized spacial score (nSPS) is 24.7. The van der Waals surface area contributed by atoms with Gasteiger partial charge in [0.15, 0.2) is 0 Å². The van der Waals surface area contributed by atoms with Crippen molar-refractivity contribution >= 4 is 0 Å². The van der Waals surface area contributed by atoms with Crippen molar-refractivity contribution in [3.63, 3.8) is 0 Å². The summed E-state index contributed by atoms with van der Waals surface area (Å²) in [5, 5.41) is 3.72. The van der Waals surface area contributed by atoms with Crippen LogP contribution in [0.3, 0.4) is 0 Å². The van der Waals surface area contributed by atoms with E-state index in [1.54, 1.807) is 6.07 Å². The van der Waals surface area contributed by atoms with Crippen molar-refractivity contribution < 1.29 is 4.74 Å². The van der Waals surface area contributed by atoms with Crippen LogP contribution in [-0.4, -0.2) is 55.4 Å². The predicted molar refractivity (Wildman–Crippen MR) is 87.4 cm³/mol. The number of rotatable bonds is 5. The van der Waals surface area contributed by atoms with Gasteiger partial charge >= 0.3 is 0 Å². The van der Waals surface area contributed by atoms with Gasteiger partial charge in [-0.25, -0.2) is 0 Å². The zero-order valence-electron chi connectivity index (χ0n) is 13.7. The Morgan fingerprint density at radius 1 is 1.32 bits per heavy atom. The summed E-state index contributed by atoms with van der Waals surface area (Å²) in [7, 11) is 4.09. The molecule has 0 saturated carbocycles. The lowest BCUT2D eigenvalue weighted by Crippen LogP contribution is -2.43. The van der Waals surface area contributed by atoms with E-state index in [2.05, 4.69) is 10.2 Å². The first-order valence-electron chi connectivity index (χ1n) is 8.33. The number of fused-ring (bicyclic) bond motifs is 1. The molecule has 1 aliphatic heterocycles. The average Bonchev–Trinajstić information content (AvgIpc) is 2.99. The van der Waals surface area contributed by atoms with Gasteiger partial charge in [-0.1, -0.05) is 6.07 Å². The van der Waals surface area contributed by atoms with Crippen LogP contribution in [0.2, 0.25) is 0 Å². The summed E-state index contributed by atoms with van der Waals surface area (Å²) in [6.07, 6.45) is 4.23. The molecule has 0 spiro atoms. The molecule has 0 aromatic carbocycles. The monoisotopic (exact) mass is 305 g/mol. The second-order valence-electron chi connectivity index (χ2n) is 6.77. The summed E-state index contributed by atoms with van der Waals surface area (Å²) in [6, 6.07) is 4.78. The van der Waals surface area contributed by atoms with E-state index in [1.165, 1.54) is 11.3 Å². The fourth-order valence-corrected chi connectivity index (χ4v) is 3.51. The Labute approximate surface area is 132 Å². The zero-order valence-corrected chi connectivity index (χ0v) is 13.7. The summed E-state index contributed by atoms with van der Waals surface area (Å²) in [5.74, 6) is 0. The molecule has 0 radical (unpaired) electrons. The molecule has 3 rings (SSSR count). The number of ether oxygens (including phenoxy) is 1. The molecule has 1 N–H and O–H groups in total. The summed E-state index contributed by atoms with van der Waals surface area (Å²) in [4.78, 5) is 14.3. The topological polar surface area (TPSA) is 46.5 Å². The van der Waals surface area contributed by atoms with Crippen LogP contribution in [0.5, 0.6) is 0 Å². The van der Waals surface area contributed by atoms with Gasteiger partial charge in [-0.3, -0.25) is 4.79 Å². The molecule has 2 heterocycles. The summed E-state index contributed by atoms with van der Waals surface area (Å²) >= 11 is 0. The van der Waals surface area contributed by atoms with Gasteiger partial charge in [-0.05, 0) is 45.3 Å². The van der Waals surface area contributed by atoms with Crippen LogP contribution >= 0.6 is 0 Å². The molecule has 122 valence electrons. The highest BCUT2D eigenvalue weighted by Gasteiger charge is 2.25. The summed E-state index contributed by atoms with van der Waals surface area (Å²) in [6.45, 7) is 3.40. The van der Waals surface area contributed by atoms with Gasteiger partial charge in [0.05, 0.1) is 6.61 Å². The number of aromatic nitrogens is 1. The van der Waals surface area contributed by atoms with Crippen LogP contribution in [0.15, 0.2) is 16.9 Å². The highest BCUT2D eigenvalue weighted by Crippen LogP contribution is 2.21. The first kappa shape index (κ1) is 15.7. The van der Waals surface area contributed by atoms with Crippen LogP contribution in [-0.2, 0) is 24.1 Å². The molecule has 1 aromatic heterocycles. The van der Waals surface area contributed by atoms with Gasteiger partial charge in [0.1, 0.15) is 0 Å². The largest absolute Gasteiger partial charge is 0.380 e. The molecule has 1 fully saturated rings. The molecule has 2 unspecified atom stereocenters. The van der Waals surface area contributed by atoms with E-state index in [0.29, 0.717) is 12.1 Å². The average molecular weight is 305 g/mol. The van der Waals surface area contributed by atoms with Crippen molar-refractivity contribution in [1.82, 2.24) is 14.8 Å². The van der Waals surface area contributed by atoms with Crippen LogP contribution in [0.1, 0.15) is 24.1 Å². The van der Waals surface area contributed by atoms with Crippen molar-refractivity contribution in [1.29, 1.82) is 0 Å². The maximum absolute atomic E-state index is 12.2. The van der Waals surface area contributed by atoms with Gasteiger partial charge in [0, 0.05) is 43.5 Å². The van der Waals surface area contributed by atoms with E-state index < -0.39 is 0 Å². The van der Waals surface area contributed by atoms with E-state index >= 15 is 0 Å². The number of hydrogen-bond acceptors (Lipinski definition) is 4. The van der Waals surface area contributed by atoms with E-state index in [4.69, 9.17) is 4.74 Å². The number of hydrogen-bond donors (Lipinski definition) is 1. The number of pyridine rings is 1. The lowest BCUT2D eigenvalue weighted by atomic mass is 9.91. The van der Waals surface area contributed by atoms with Gasteiger partial charge in [-0.2, -0.15) is 0 Å². The third-order valence-corrected chi connectivity index (χ3v) is 4.76. The standard InChI is InChI=1S/C17H27N3O2/c1-19(2)8-9-20-16-5-4-14(18-15-7-10-22-12-15)11-13(16)3-6-17(20)21/h3,6,14-15,18H,4-5,7-12H2,1-2H3. The molecule has 22 heavy (non-hydrogen) atoms. The molecule has 1 saturated heterocycles. The second kappa shape index (κ2) is 6.94. The van der Waals surface area contributed by atoms with E-state index in [1.807, 2.05) is 24.7 Å². The van der Waals surface area contributed by atoms with E-state index in [9.17, 15) is 4.79 Å². The fourth-order valence-electron chi connectivity index (χ4n) is 3.51. The Kier molecular flexibility index (Phi) is 4.96. The molecule has 0 bridgehead atoms. The summed E-state index contributed by atoms with van der Waals surface area (Å²) < 4.78 is 7.42. The van der Waals surface area contributed by atoms with Crippen LogP contribution < -0.4 is 10.9 Å². The maximum Gasteiger partial charge on any atom is 0.250 e.